The van der Waals surface area contributed by atoms with Crippen molar-refractivity contribution in [3.05, 3.63) is 35.9 Å². The number of likely N-dealkylation sites (N-methyl/N-ethyl adjacent to an activating group) is 1. The molecule has 1 N–H and O–H groups in total. The summed E-state index contributed by atoms with van der Waals surface area (Å²) >= 11 is 0. The summed E-state index contributed by atoms with van der Waals surface area (Å²) in [6.07, 6.45) is -0.437. The van der Waals surface area contributed by atoms with Gasteiger partial charge in [0, 0.05) is 19.6 Å². The first-order chi connectivity index (χ1) is 14.9. The monoisotopic (exact) mass is 440 g/mol. The third kappa shape index (κ3) is 17.6. The standard InChI is InChI=1S/C23H40N2O6/c1-23(2,3)31-22(26)24-10-12-27-14-16-29-18-19-30-17-15-28-13-11-25(4)20-21-8-6-5-7-9-21/h5-9H,10-20H2,1-4H3,(H,24,26). The molecule has 0 radical (unpaired) electrons. The SMILES string of the molecule is CN(CCOCCOCCOCCOCCNC(=O)OC(C)(C)C)Cc1ccccc1. The molecule has 1 aromatic carbocycles. The molecular weight excluding hydrogens is 400 g/mol. The number of hydrogen-bond donors (Lipinski definition) is 1. The van der Waals surface area contributed by atoms with Crippen molar-refractivity contribution in [3.8, 4) is 0 Å². The normalized spacial score (nSPS) is 11.6. The predicted molar refractivity (Wildman–Crippen MR) is 120 cm³/mol. The van der Waals surface area contributed by atoms with Crippen LogP contribution >= 0.6 is 0 Å². The van der Waals surface area contributed by atoms with Crippen molar-refractivity contribution in [1.29, 1.82) is 0 Å². The van der Waals surface area contributed by atoms with Crippen LogP contribution in [0.1, 0.15) is 26.3 Å². The minimum absolute atomic E-state index is 0.403. The van der Waals surface area contributed by atoms with E-state index in [1.54, 1.807) is 0 Å². The van der Waals surface area contributed by atoms with Crippen molar-refractivity contribution >= 4 is 6.09 Å². The van der Waals surface area contributed by atoms with Crippen molar-refractivity contribution in [1.82, 2.24) is 10.2 Å². The van der Waals surface area contributed by atoms with Crippen LogP contribution in [0.3, 0.4) is 0 Å². The highest BCUT2D eigenvalue weighted by Gasteiger charge is 2.15. The maximum Gasteiger partial charge on any atom is 0.407 e. The third-order valence-corrected chi connectivity index (χ3v) is 3.94. The molecule has 0 spiro atoms. The van der Waals surface area contributed by atoms with Crippen LogP contribution in [0.5, 0.6) is 0 Å². The number of ether oxygens (including phenoxy) is 5. The highest BCUT2D eigenvalue weighted by atomic mass is 16.6. The molecule has 0 saturated heterocycles. The number of carbonyl (C=O) groups excluding carboxylic acids is 1. The minimum atomic E-state index is -0.494. The first-order valence-electron chi connectivity index (χ1n) is 10.9. The Morgan fingerprint density at radius 1 is 0.839 bits per heavy atom. The molecule has 31 heavy (non-hydrogen) atoms. The predicted octanol–water partition coefficient (Wildman–Crippen LogP) is 2.71. The summed E-state index contributed by atoms with van der Waals surface area (Å²) in [6.45, 7) is 11.9. The Morgan fingerprint density at radius 2 is 1.35 bits per heavy atom. The van der Waals surface area contributed by atoms with E-state index in [9.17, 15) is 4.79 Å². The maximum absolute atomic E-state index is 11.4. The highest BCUT2D eigenvalue weighted by molar-refractivity contribution is 5.67. The molecule has 0 aliphatic carbocycles. The van der Waals surface area contributed by atoms with Gasteiger partial charge in [0.2, 0.25) is 0 Å². The lowest BCUT2D eigenvalue weighted by atomic mass is 10.2. The van der Waals surface area contributed by atoms with Gasteiger partial charge in [0.25, 0.3) is 0 Å². The van der Waals surface area contributed by atoms with E-state index in [0.29, 0.717) is 59.4 Å². The molecule has 0 aliphatic rings. The smallest absolute Gasteiger partial charge is 0.407 e. The van der Waals surface area contributed by atoms with E-state index in [-0.39, 0.29) is 0 Å². The van der Waals surface area contributed by atoms with E-state index in [1.807, 2.05) is 26.8 Å². The molecule has 1 amide bonds. The lowest BCUT2D eigenvalue weighted by molar-refractivity contribution is -0.00346. The Kier molecular flexibility index (Phi) is 14.9. The summed E-state index contributed by atoms with van der Waals surface area (Å²) in [5.41, 5.74) is 0.808. The van der Waals surface area contributed by atoms with Gasteiger partial charge in [-0.05, 0) is 33.4 Å². The Labute approximate surface area is 187 Å². The van der Waals surface area contributed by atoms with Gasteiger partial charge >= 0.3 is 6.09 Å². The molecule has 1 rings (SSSR count). The first kappa shape index (κ1) is 27.3. The molecule has 1 aromatic rings. The van der Waals surface area contributed by atoms with Crippen LogP contribution in [0.2, 0.25) is 0 Å². The third-order valence-electron chi connectivity index (χ3n) is 3.94. The topological polar surface area (TPSA) is 78.5 Å². The van der Waals surface area contributed by atoms with Crippen LogP contribution in [0.25, 0.3) is 0 Å². The fourth-order valence-electron chi connectivity index (χ4n) is 2.50. The quantitative estimate of drug-likeness (QED) is 0.373. The Bertz CT molecular complexity index is 565. The lowest BCUT2D eigenvalue weighted by Crippen LogP contribution is -2.34. The first-order valence-corrected chi connectivity index (χ1v) is 10.9. The van der Waals surface area contributed by atoms with Gasteiger partial charge in [0.05, 0.1) is 52.9 Å². The van der Waals surface area contributed by atoms with Gasteiger partial charge in [-0.2, -0.15) is 0 Å². The number of carbonyl (C=O) groups is 1. The second-order valence-electron chi connectivity index (χ2n) is 8.10. The average Bonchev–Trinajstić information content (AvgIpc) is 2.70. The number of rotatable bonds is 17. The number of nitrogens with zero attached hydrogens (tertiary/aromatic N) is 1. The number of hydrogen-bond acceptors (Lipinski definition) is 7. The van der Waals surface area contributed by atoms with Gasteiger partial charge in [-0.15, -0.1) is 0 Å². The van der Waals surface area contributed by atoms with Gasteiger partial charge in [-0.1, -0.05) is 30.3 Å². The van der Waals surface area contributed by atoms with Crippen molar-refractivity contribution in [3.63, 3.8) is 0 Å². The molecular formula is C23H40N2O6. The summed E-state index contributed by atoms with van der Waals surface area (Å²) in [5, 5.41) is 2.63. The maximum atomic E-state index is 11.4. The second kappa shape index (κ2) is 16.9. The Morgan fingerprint density at radius 3 is 1.90 bits per heavy atom. The lowest BCUT2D eigenvalue weighted by Gasteiger charge is -2.19. The molecule has 8 heteroatoms. The molecule has 0 atom stereocenters. The summed E-state index contributed by atoms with van der Waals surface area (Å²) in [7, 11) is 2.09. The van der Waals surface area contributed by atoms with Gasteiger partial charge in [0.1, 0.15) is 5.60 Å². The number of nitrogens with one attached hydrogen (secondary N) is 1. The molecule has 178 valence electrons. The Hall–Kier alpha value is -1.71. The molecule has 0 heterocycles. The van der Waals surface area contributed by atoms with Crippen LogP contribution in [0, 0.1) is 0 Å². The number of alkyl carbamates (subject to hydrolysis) is 1. The van der Waals surface area contributed by atoms with Gasteiger partial charge < -0.3 is 29.0 Å². The Balaban J connectivity index is 1.78. The van der Waals surface area contributed by atoms with E-state index in [4.69, 9.17) is 23.7 Å². The van der Waals surface area contributed by atoms with Crippen LogP contribution in [0.4, 0.5) is 4.79 Å². The van der Waals surface area contributed by atoms with Crippen LogP contribution < -0.4 is 5.32 Å². The molecule has 8 nitrogen and oxygen atoms in total. The summed E-state index contributed by atoms with van der Waals surface area (Å²) in [5.74, 6) is 0. The van der Waals surface area contributed by atoms with Crippen molar-refractivity contribution in [2.75, 3.05) is 73.0 Å². The van der Waals surface area contributed by atoms with E-state index >= 15 is 0 Å². The van der Waals surface area contributed by atoms with Crippen molar-refractivity contribution in [2.45, 2.75) is 32.9 Å². The average molecular weight is 441 g/mol. The van der Waals surface area contributed by atoms with E-state index in [1.165, 1.54) is 5.56 Å². The van der Waals surface area contributed by atoms with Gasteiger partial charge in [-0.3, -0.25) is 4.90 Å². The zero-order chi connectivity index (χ0) is 22.8. The summed E-state index contributed by atoms with van der Waals surface area (Å²) < 4.78 is 27.0. The van der Waals surface area contributed by atoms with Crippen LogP contribution in [0.15, 0.2) is 30.3 Å². The minimum Gasteiger partial charge on any atom is -0.444 e. The number of amides is 1. The van der Waals surface area contributed by atoms with Gasteiger partial charge in [0.15, 0.2) is 0 Å². The second-order valence-corrected chi connectivity index (χ2v) is 8.10. The van der Waals surface area contributed by atoms with Crippen molar-refractivity contribution < 1.29 is 28.5 Å². The molecule has 0 saturated carbocycles. The fourth-order valence-corrected chi connectivity index (χ4v) is 2.50. The molecule has 0 aromatic heterocycles. The van der Waals surface area contributed by atoms with Crippen LogP contribution in [-0.4, -0.2) is 89.6 Å². The largest absolute Gasteiger partial charge is 0.444 e. The zero-order valence-electron chi connectivity index (χ0n) is 19.6. The number of benzene rings is 1. The molecule has 0 unspecified atom stereocenters. The van der Waals surface area contributed by atoms with Crippen molar-refractivity contribution in [2.24, 2.45) is 0 Å². The van der Waals surface area contributed by atoms with E-state index < -0.39 is 11.7 Å². The highest BCUT2D eigenvalue weighted by Crippen LogP contribution is 2.06. The zero-order valence-corrected chi connectivity index (χ0v) is 19.6. The van der Waals surface area contributed by atoms with E-state index in [0.717, 1.165) is 13.1 Å². The fraction of sp³-hybridized carbons (Fsp3) is 0.696. The summed E-state index contributed by atoms with van der Waals surface area (Å²) in [6, 6.07) is 10.4. The summed E-state index contributed by atoms with van der Waals surface area (Å²) in [4.78, 5) is 13.7. The molecule has 0 aliphatic heterocycles. The van der Waals surface area contributed by atoms with Crippen LogP contribution in [-0.2, 0) is 30.2 Å². The van der Waals surface area contributed by atoms with Gasteiger partial charge in [-0.25, -0.2) is 4.79 Å². The molecule has 0 fully saturated rings. The molecule has 0 bridgehead atoms. The van der Waals surface area contributed by atoms with E-state index in [2.05, 4.69) is 41.5 Å².